The molecule has 1 aliphatic heterocycles. The van der Waals surface area contributed by atoms with E-state index in [0.717, 1.165) is 57.4 Å². The molecule has 4 heterocycles. The van der Waals surface area contributed by atoms with Gasteiger partial charge in [-0.15, -0.1) is 0 Å². The summed E-state index contributed by atoms with van der Waals surface area (Å²) in [6.45, 7) is 8.05. The first-order valence-electron chi connectivity index (χ1n) is 14.3. The lowest BCUT2D eigenvalue weighted by atomic mass is 9.74. The molecule has 0 saturated heterocycles. The van der Waals surface area contributed by atoms with Gasteiger partial charge in [0.05, 0.1) is 17.8 Å². The van der Waals surface area contributed by atoms with Crippen molar-refractivity contribution in [2.45, 2.75) is 58.1 Å². The minimum Gasteiger partial charge on any atom is -0.492 e. The number of imidazole rings is 1. The van der Waals surface area contributed by atoms with E-state index in [1.54, 1.807) is 11.3 Å². The van der Waals surface area contributed by atoms with Crippen LogP contribution in [0.3, 0.4) is 0 Å². The van der Waals surface area contributed by atoms with Crippen LogP contribution in [0.4, 0.5) is 10.5 Å². The van der Waals surface area contributed by atoms with Crippen molar-refractivity contribution in [3.8, 4) is 17.1 Å². The number of urea groups is 1. The van der Waals surface area contributed by atoms with Crippen molar-refractivity contribution >= 4 is 38.4 Å². The molecule has 0 spiro atoms. The Morgan fingerprint density at radius 1 is 1.15 bits per heavy atom. The zero-order chi connectivity index (χ0) is 28.4. The Morgan fingerprint density at radius 3 is 2.63 bits per heavy atom. The van der Waals surface area contributed by atoms with E-state index in [2.05, 4.69) is 53.3 Å². The van der Waals surface area contributed by atoms with E-state index in [4.69, 9.17) is 19.4 Å². The van der Waals surface area contributed by atoms with Crippen molar-refractivity contribution in [3.05, 3.63) is 54.4 Å². The lowest BCUT2D eigenvalue weighted by Gasteiger charge is -2.42. The van der Waals surface area contributed by atoms with E-state index < -0.39 is 5.54 Å². The zero-order valence-electron chi connectivity index (χ0n) is 23.9. The first-order chi connectivity index (χ1) is 19.7. The quantitative estimate of drug-likeness (QED) is 0.240. The first-order valence-corrected chi connectivity index (χ1v) is 15.1. The Hall–Kier alpha value is -3.63. The molecule has 2 amide bonds. The maximum atomic E-state index is 12.9. The van der Waals surface area contributed by atoms with E-state index >= 15 is 0 Å². The third-order valence-corrected chi connectivity index (χ3v) is 9.51. The van der Waals surface area contributed by atoms with Gasteiger partial charge in [0.2, 0.25) is 5.88 Å². The molecule has 41 heavy (non-hydrogen) atoms. The van der Waals surface area contributed by atoms with Gasteiger partial charge in [0, 0.05) is 40.9 Å². The first kappa shape index (κ1) is 26.3. The van der Waals surface area contributed by atoms with Crippen LogP contribution >= 0.6 is 11.3 Å². The summed E-state index contributed by atoms with van der Waals surface area (Å²) < 4.78 is 14.3. The Labute approximate surface area is 243 Å². The topological polar surface area (TPSA) is 102 Å². The lowest BCUT2D eigenvalue weighted by Crippen LogP contribution is -2.61. The summed E-state index contributed by atoms with van der Waals surface area (Å²) in [5, 5.41) is 9.41. The SMILES string of the molecule is CNCC1(COc2ccc3c(n2)sc2nc(-c4ccc(NC(=O)NC56C=C(C(C)(C)C)OC5CC6)cc4)cn23)CC1. The van der Waals surface area contributed by atoms with Crippen molar-refractivity contribution < 1.29 is 14.3 Å². The van der Waals surface area contributed by atoms with Gasteiger partial charge < -0.3 is 25.4 Å². The highest BCUT2D eigenvalue weighted by Crippen LogP contribution is 2.47. The number of aromatic nitrogens is 3. The van der Waals surface area contributed by atoms with Gasteiger partial charge in [0.1, 0.15) is 22.2 Å². The number of hydrogen-bond donors (Lipinski definition) is 3. The highest BCUT2D eigenvalue weighted by Gasteiger charge is 2.54. The van der Waals surface area contributed by atoms with Crippen LogP contribution in [0.5, 0.6) is 5.88 Å². The van der Waals surface area contributed by atoms with E-state index in [-0.39, 0.29) is 23.0 Å². The third-order valence-electron chi connectivity index (χ3n) is 8.55. The molecule has 4 aromatic rings. The highest BCUT2D eigenvalue weighted by molar-refractivity contribution is 7.23. The normalized spacial score (nSPS) is 22.5. The van der Waals surface area contributed by atoms with E-state index in [9.17, 15) is 4.79 Å². The van der Waals surface area contributed by atoms with Crippen LogP contribution in [0.15, 0.2) is 54.4 Å². The fourth-order valence-electron chi connectivity index (χ4n) is 5.73. The van der Waals surface area contributed by atoms with Crippen molar-refractivity contribution in [2.24, 2.45) is 10.8 Å². The smallest absolute Gasteiger partial charge is 0.320 e. The maximum Gasteiger partial charge on any atom is 0.320 e. The van der Waals surface area contributed by atoms with E-state index in [0.29, 0.717) is 12.5 Å². The van der Waals surface area contributed by atoms with Crippen LogP contribution in [0.1, 0.15) is 46.5 Å². The van der Waals surface area contributed by atoms with Gasteiger partial charge in [-0.1, -0.05) is 44.2 Å². The van der Waals surface area contributed by atoms with Gasteiger partial charge in [0.15, 0.2) is 4.96 Å². The molecule has 2 aliphatic carbocycles. The lowest BCUT2D eigenvalue weighted by molar-refractivity contribution is 0.0000194. The summed E-state index contributed by atoms with van der Waals surface area (Å²) >= 11 is 1.55. The van der Waals surface area contributed by atoms with Gasteiger partial charge in [-0.05, 0) is 57.0 Å². The molecule has 3 N–H and O–H groups in total. The number of allylic oxidation sites excluding steroid dienone is 1. The second-order valence-corrected chi connectivity index (χ2v) is 13.7. The molecule has 9 nitrogen and oxygen atoms in total. The molecule has 0 bridgehead atoms. The third kappa shape index (κ3) is 4.82. The predicted molar refractivity (Wildman–Crippen MR) is 161 cm³/mol. The standard InChI is InChI=1S/C31H36N6O3S/c1-29(2,3)24-15-31(12-11-23(31)40-24)36-27(38)33-20-7-5-19(6-8-20)21-16-37-22-9-10-25(35-26(22)41-28(37)34-21)39-18-30(13-14-30)17-32-4/h5-10,15-16,23,32H,11-14,17-18H2,1-4H3,(H2,33,36,38). The minimum atomic E-state index is -0.411. The molecule has 2 saturated carbocycles. The Bertz CT molecular complexity index is 1660. The summed E-state index contributed by atoms with van der Waals surface area (Å²) in [6.07, 6.45) is 8.39. The molecule has 3 aromatic heterocycles. The number of carbonyl (C=O) groups excluding carboxylic acids is 1. The number of nitrogens with one attached hydrogen (secondary N) is 3. The van der Waals surface area contributed by atoms with Crippen LogP contribution < -0.4 is 20.7 Å². The van der Waals surface area contributed by atoms with Gasteiger partial charge in [-0.3, -0.25) is 4.40 Å². The minimum absolute atomic E-state index is 0.0169. The van der Waals surface area contributed by atoms with Gasteiger partial charge in [0.25, 0.3) is 0 Å². The molecule has 214 valence electrons. The second kappa shape index (κ2) is 9.46. The van der Waals surface area contributed by atoms with Crippen LogP contribution in [0.2, 0.25) is 0 Å². The number of amides is 2. The average Bonchev–Trinajstić information content (AvgIpc) is 3.31. The van der Waals surface area contributed by atoms with Crippen LogP contribution in [0.25, 0.3) is 26.6 Å². The summed E-state index contributed by atoms with van der Waals surface area (Å²) in [5.74, 6) is 1.61. The number of pyridine rings is 1. The summed E-state index contributed by atoms with van der Waals surface area (Å²) in [6, 6.07) is 11.5. The number of carbonyl (C=O) groups is 1. The predicted octanol–water partition coefficient (Wildman–Crippen LogP) is 5.97. The molecule has 10 heteroatoms. The summed E-state index contributed by atoms with van der Waals surface area (Å²) in [7, 11) is 1.99. The average molecular weight is 573 g/mol. The number of benzene rings is 1. The number of thiazole rings is 1. The van der Waals surface area contributed by atoms with Crippen molar-refractivity contribution in [3.63, 3.8) is 0 Å². The number of ether oxygens (including phenoxy) is 2. The number of fused-ring (bicyclic) bond motifs is 4. The molecule has 7 rings (SSSR count). The van der Waals surface area contributed by atoms with Gasteiger partial charge in [-0.2, -0.15) is 0 Å². The number of nitrogens with zero attached hydrogens (tertiary/aromatic N) is 3. The van der Waals surface area contributed by atoms with Gasteiger partial charge >= 0.3 is 6.03 Å². The Kier molecular flexibility index (Phi) is 6.06. The van der Waals surface area contributed by atoms with E-state index in [1.807, 2.05) is 43.6 Å². The maximum absolute atomic E-state index is 12.9. The van der Waals surface area contributed by atoms with Crippen LogP contribution in [-0.2, 0) is 4.74 Å². The second-order valence-electron chi connectivity index (χ2n) is 12.8. The molecule has 3 aliphatic rings. The fraction of sp³-hybridized carbons (Fsp3) is 0.452. The molecular formula is C31H36N6O3S. The van der Waals surface area contributed by atoms with Gasteiger partial charge in [-0.25, -0.2) is 14.8 Å². The molecule has 1 aromatic carbocycles. The molecule has 2 fully saturated rings. The molecule has 0 radical (unpaired) electrons. The molecule has 2 atom stereocenters. The van der Waals surface area contributed by atoms with E-state index in [1.165, 1.54) is 12.8 Å². The van der Waals surface area contributed by atoms with Crippen molar-refractivity contribution in [2.75, 3.05) is 25.5 Å². The largest absolute Gasteiger partial charge is 0.492 e. The molecular weight excluding hydrogens is 536 g/mol. The fourth-order valence-corrected chi connectivity index (χ4v) is 6.71. The van der Waals surface area contributed by atoms with Crippen molar-refractivity contribution in [1.29, 1.82) is 0 Å². The van der Waals surface area contributed by atoms with Crippen LogP contribution in [0, 0.1) is 10.8 Å². The monoisotopic (exact) mass is 572 g/mol. The Morgan fingerprint density at radius 2 is 1.95 bits per heavy atom. The van der Waals surface area contributed by atoms with Crippen LogP contribution in [-0.4, -0.2) is 52.2 Å². The number of rotatable bonds is 8. The number of hydrogen-bond acceptors (Lipinski definition) is 7. The summed E-state index contributed by atoms with van der Waals surface area (Å²) in [5.41, 5.74) is 3.36. The molecule has 2 unspecified atom stereocenters. The summed E-state index contributed by atoms with van der Waals surface area (Å²) in [4.78, 5) is 24.3. The Balaban J connectivity index is 1.01. The van der Waals surface area contributed by atoms with Crippen molar-refractivity contribution in [1.82, 2.24) is 25.0 Å². The zero-order valence-corrected chi connectivity index (χ0v) is 24.7. The highest BCUT2D eigenvalue weighted by atomic mass is 32.1. The number of anilines is 1.